The van der Waals surface area contributed by atoms with Crippen molar-refractivity contribution in [2.24, 2.45) is 5.92 Å². The van der Waals surface area contributed by atoms with Crippen molar-refractivity contribution in [1.29, 1.82) is 0 Å². The van der Waals surface area contributed by atoms with Crippen LogP contribution < -0.4 is 4.90 Å². The zero-order valence-electron chi connectivity index (χ0n) is 14.6. The number of nitrogens with zero attached hydrogens (tertiary/aromatic N) is 3. The molecule has 134 valence electrons. The van der Waals surface area contributed by atoms with Gasteiger partial charge in [0, 0.05) is 37.1 Å². The number of carbonyl (C=O) groups is 1. The number of hydrogen-bond acceptors (Lipinski definition) is 4. The van der Waals surface area contributed by atoms with E-state index in [0.717, 1.165) is 60.3 Å². The summed E-state index contributed by atoms with van der Waals surface area (Å²) in [6, 6.07) is 4.00. The summed E-state index contributed by atoms with van der Waals surface area (Å²) in [6.07, 6.45) is 5.88. The van der Waals surface area contributed by atoms with Crippen molar-refractivity contribution in [3.63, 3.8) is 0 Å². The lowest BCUT2D eigenvalue weighted by Gasteiger charge is -2.37. The summed E-state index contributed by atoms with van der Waals surface area (Å²) in [6.45, 7) is 5.38. The molecule has 0 unspecified atom stereocenters. The van der Waals surface area contributed by atoms with Gasteiger partial charge in [0.1, 0.15) is 0 Å². The first kappa shape index (κ1) is 17.1. The fourth-order valence-electron chi connectivity index (χ4n) is 3.95. The van der Waals surface area contributed by atoms with Gasteiger partial charge in [0.25, 0.3) is 0 Å². The van der Waals surface area contributed by atoms with Gasteiger partial charge in [-0.1, -0.05) is 42.2 Å². The van der Waals surface area contributed by atoms with Gasteiger partial charge in [-0.2, -0.15) is 0 Å². The maximum atomic E-state index is 12.7. The second kappa shape index (κ2) is 7.12. The van der Waals surface area contributed by atoms with E-state index < -0.39 is 0 Å². The molecule has 1 saturated heterocycles. The lowest BCUT2D eigenvalue weighted by Crippen LogP contribution is -2.50. The first-order chi connectivity index (χ1) is 12.1. The maximum absolute atomic E-state index is 12.7. The van der Waals surface area contributed by atoms with Crippen molar-refractivity contribution < 1.29 is 4.79 Å². The Bertz CT molecular complexity index is 776. The monoisotopic (exact) mass is 377 g/mol. The van der Waals surface area contributed by atoms with Crippen LogP contribution in [-0.2, 0) is 4.79 Å². The highest BCUT2D eigenvalue weighted by atomic mass is 35.5. The summed E-state index contributed by atoms with van der Waals surface area (Å²) >= 11 is 7.93. The predicted molar refractivity (Wildman–Crippen MR) is 105 cm³/mol. The zero-order valence-corrected chi connectivity index (χ0v) is 16.2. The molecule has 1 amide bonds. The average Bonchev–Trinajstić information content (AvgIpc) is 3.10. The van der Waals surface area contributed by atoms with Crippen LogP contribution in [0.4, 0.5) is 5.13 Å². The highest BCUT2D eigenvalue weighted by molar-refractivity contribution is 7.22. The van der Waals surface area contributed by atoms with E-state index >= 15 is 0 Å². The first-order valence-corrected chi connectivity index (χ1v) is 10.4. The Kier molecular flexibility index (Phi) is 4.87. The number of piperazine rings is 1. The number of anilines is 1. The van der Waals surface area contributed by atoms with Gasteiger partial charge >= 0.3 is 0 Å². The molecule has 2 aromatic rings. The molecule has 2 aliphatic rings. The van der Waals surface area contributed by atoms with E-state index in [1.165, 1.54) is 24.0 Å². The third-order valence-corrected chi connectivity index (χ3v) is 7.04. The SMILES string of the molecule is Cc1c(Cl)ccc2sc(N3CCN(C(=O)C4CCCCC4)CC3)nc12. The molecule has 0 atom stereocenters. The quantitative estimate of drug-likeness (QED) is 0.773. The minimum absolute atomic E-state index is 0.271. The highest BCUT2D eigenvalue weighted by Gasteiger charge is 2.29. The smallest absolute Gasteiger partial charge is 0.225 e. The zero-order chi connectivity index (χ0) is 17.4. The lowest BCUT2D eigenvalue weighted by atomic mass is 9.88. The molecular formula is C19H24ClN3OS. The Morgan fingerprint density at radius 3 is 2.60 bits per heavy atom. The Labute approximate surface area is 157 Å². The molecule has 2 heterocycles. The van der Waals surface area contributed by atoms with Crippen LogP contribution in [0.3, 0.4) is 0 Å². The van der Waals surface area contributed by atoms with Gasteiger partial charge in [-0.15, -0.1) is 0 Å². The van der Waals surface area contributed by atoms with Crippen LogP contribution in [0.15, 0.2) is 12.1 Å². The number of aryl methyl sites for hydroxylation is 1. The van der Waals surface area contributed by atoms with Crippen LogP contribution in [0.2, 0.25) is 5.02 Å². The summed E-state index contributed by atoms with van der Waals surface area (Å²) in [7, 11) is 0. The van der Waals surface area contributed by atoms with E-state index in [4.69, 9.17) is 16.6 Å². The lowest BCUT2D eigenvalue weighted by molar-refractivity contribution is -0.136. The van der Waals surface area contributed by atoms with Gasteiger partial charge in [0.05, 0.1) is 10.2 Å². The number of halogens is 1. The molecule has 4 nitrogen and oxygen atoms in total. The average molecular weight is 378 g/mol. The fraction of sp³-hybridized carbons (Fsp3) is 0.579. The van der Waals surface area contributed by atoms with E-state index in [2.05, 4.69) is 15.9 Å². The summed E-state index contributed by atoms with van der Waals surface area (Å²) in [5.41, 5.74) is 2.06. The topological polar surface area (TPSA) is 36.4 Å². The van der Waals surface area contributed by atoms with Crippen LogP contribution in [0.5, 0.6) is 0 Å². The van der Waals surface area contributed by atoms with Crippen LogP contribution in [-0.4, -0.2) is 42.0 Å². The molecule has 0 radical (unpaired) electrons. The molecular weight excluding hydrogens is 354 g/mol. The number of aromatic nitrogens is 1. The number of rotatable bonds is 2. The molecule has 25 heavy (non-hydrogen) atoms. The van der Waals surface area contributed by atoms with Crippen molar-refractivity contribution in [2.45, 2.75) is 39.0 Å². The molecule has 0 spiro atoms. The third kappa shape index (κ3) is 3.36. The number of fused-ring (bicyclic) bond motifs is 1. The molecule has 1 aromatic heterocycles. The molecule has 2 fully saturated rings. The molecule has 6 heteroatoms. The maximum Gasteiger partial charge on any atom is 0.225 e. The summed E-state index contributed by atoms with van der Waals surface area (Å²) in [5.74, 6) is 0.652. The first-order valence-electron chi connectivity index (χ1n) is 9.23. The van der Waals surface area contributed by atoms with Gasteiger partial charge in [0.15, 0.2) is 5.13 Å². The number of benzene rings is 1. The minimum atomic E-state index is 0.271. The molecule has 1 aliphatic carbocycles. The Balaban J connectivity index is 1.43. The van der Waals surface area contributed by atoms with E-state index in [1.807, 2.05) is 13.0 Å². The summed E-state index contributed by atoms with van der Waals surface area (Å²) in [4.78, 5) is 21.9. The third-order valence-electron chi connectivity index (χ3n) is 5.55. The second-order valence-corrected chi connectivity index (χ2v) is 8.58. The molecule has 1 saturated carbocycles. The Morgan fingerprint density at radius 1 is 1.16 bits per heavy atom. The number of amides is 1. The van der Waals surface area contributed by atoms with Crippen molar-refractivity contribution in [1.82, 2.24) is 9.88 Å². The van der Waals surface area contributed by atoms with Crippen molar-refractivity contribution in [2.75, 3.05) is 31.1 Å². The normalized spacial score (nSPS) is 19.6. The van der Waals surface area contributed by atoms with E-state index in [-0.39, 0.29) is 5.92 Å². The second-order valence-electron chi connectivity index (χ2n) is 7.16. The van der Waals surface area contributed by atoms with Gasteiger partial charge in [0.2, 0.25) is 5.91 Å². The molecule has 1 aliphatic heterocycles. The van der Waals surface area contributed by atoms with Crippen LogP contribution in [0.25, 0.3) is 10.2 Å². The number of thiazole rings is 1. The van der Waals surface area contributed by atoms with E-state index in [1.54, 1.807) is 11.3 Å². The fourth-order valence-corrected chi connectivity index (χ4v) is 5.18. The molecule has 0 bridgehead atoms. The molecule has 1 aromatic carbocycles. The van der Waals surface area contributed by atoms with Gasteiger partial charge in [-0.25, -0.2) is 4.98 Å². The van der Waals surface area contributed by atoms with Crippen LogP contribution in [0.1, 0.15) is 37.7 Å². The number of hydrogen-bond donors (Lipinski definition) is 0. The van der Waals surface area contributed by atoms with Gasteiger partial charge < -0.3 is 9.80 Å². The van der Waals surface area contributed by atoms with Gasteiger partial charge in [-0.05, 0) is 37.5 Å². The van der Waals surface area contributed by atoms with Crippen LogP contribution in [0, 0.1) is 12.8 Å². The molecule has 4 rings (SSSR count). The Morgan fingerprint density at radius 2 is 1.88 bits per heavy atom. The predicted octanol–water partition coefficient (Wildman–Crippen LogP) is 4.49. The summed E-state index contributed by atoms with van der Waals surface area (Å²) < 4.78 is 1.18. The van der Waals surface area contributed by atoms with Crippen molar-refractivity contribution in [3.05, 3.63) is 22.7 Å². The summed E-state index contributed by atoms with van der Waals surface area (Å²) in [5, 5.41) is 1.82. The molecule has 0 N–H and O–H groups in total. The van der Waals surface area contributed by atoms with Gasteiger partial charge in [-0.3, -0.25) is 4.79 Å². The van der Waals surface area contributed by atoms with Crippen molar-refractivity contribution >= 4 is 44.2 Å². The highest BCUT2D eigenvalue weighted by Crippen LogP contribution is 2.34. The standard InChI is InChI=1S/C19H24ClN3OS/c1-13-15(20)7-8-16-17(13)21-19(25-16)23-11-9-22(10-12-23)18(24)14-5-3-2-4-6-14/h7-8,14H,2-6,9-12H2,1H3. The number of carbonyl (C=O) groups excluding carboxylic acids is 1. The van der Waals surface area contributed by atoms with Crippen molar-refractivity contribution in [3.8, 4) is 0 Å². The van der Waals surface area contributed by atoms with E-state index in [0.29, 0.717) is 5.91 Å². The minimum Gasteiger partial charge on any atom is -0.345 e. The Hall–Kier alpha value is -1.33. The largest absolute Gasteiger partial charge is 0.345 e. The van der Waals surface area contributed by atoms with E-state index in [9.17, 15) is 4.79 Å². The van der Waals surface area contributed by atoms with Crippen LogP contribution >= 0.6 is 22.9 Å².